The molecule has 1 fully saturated rings. The summed E-state index contributed by atoms with van der Waals surface area (Å²) in [5.74, 6) is -0.977. The second-order valence-electron chi connectivity index (χ2n) is 6.96. The van der Waals surface area contributed by atoms with E-state index in [0.29, 0.717) is 17.3 Å². The van der Waals surface area contributed by atoms with Crippen LogP contribution in [0.5, 0.6) is 11.5 Å². The number of hydrogen-bond donors (Lipinski definition) is 1. The van der Waals surface area contributed by atoms with Gasteiger partial charge in [-0.1, -0.05) is 6.07 Å². The monoisotopic (exact) mass is 415 g/mol. The summed E-state index contributed by atoms with van der Waals surface area (Å²) in [6.45, 7) is 4.16. The van der Waals surface area contributed by atoms with E-state index in [4.69, 9.17) is 18.6 Å². The minimum atomic E-state index is -0.898. The number of hydrogen-bond acceptors (Lipinski definition) is 7. The zero-order valence-corrected chi connectivity index (χ0v) is 17.4. The molecule has 0 spiro atoms. The lowest BCUT2D eigenvalue weighted by molar-refractivity contribution is -0.140. The van der Waals surface area contributed by atoms with Crippen molar-refractivity contribution in [1.29, 1.82) is 0 Å². The van der Waals surface area contributed by atoms with Gasteiger partial charge >= 0.3 is 0 Å². The number of amides is 1. The molecule has 1 atom stereocenters. The standard InChI is InChI=1S/C22H25NO7/c1-13(2)29-12-10-23-19(16-9-6-11-30-16)18(21(25)22(23)26)20(24)17-14(27-3)7-5-8-15(17)28-4/h5-9,11,13,19,24H,10,12H2,1-4H3/b20-18+. The van der Waals surface area contributed by atoms with E-state index in [-0.39, 0.29) is 30.4 Å². The van der Waals surface area contributed by atoms with Crippen molar-refractivity contribution in [3.63, 3.8) is 0 Å². The molecule has 0 radical (unpaired) electrons. The smallest absolute Gasteiger partial charge is 0.295 e. The molecule has 1 amide bonds. The van der Waals surface area contributed by atoms with E-state index in [0.717, 1.165) is 0 Å². The third-order valence-corrected chi connectivity index (χ3v) is 4.80. The SMILES string of the molecule is COc1cccc(OC)c1/C(O)=C1\C(=O)C(=O)N(CCOC(C)C)C1c1ccco1. The number of ether oxygens (including phenoxy) is 3. The van der Waals surface area contributed by atoms with Gasteiger partial charge in [-0.2, -0.15) is 0 Å². The summed E-state index contributed by atoms with van der Waals surface area (Å²) in [7, 11) is 2.88. The molecular formula is C22H25NO7. The summed E-state index contributed by atoms with van der Waals surface area (Å²) in [6.07, 6.45) is 1.42. The fourth-order valence-electron chi connectivity index (χ4n) is 3.46. The molecule has 2 aromatic rings. The van der Waals surface area contributed by atoms with Gasteiger partial charge in [0.1, 0.15) is 34.6 Å². The maximum Gasteiger partial charge on any atom is 0.295 e. The lowest BCUT2D eigenvalue weighted by Crippen LogP contribution is -2.33. The molecule has 1 aromatic heterocycles. The van der Waals surface area contributed by atoms with E-state index in [1.807, 2.05) is 13.8 Å². The van der Waals surface area contributed by atoms with Gasteiger partial charge < -0.3 is 28.6 Å². The van der Waals surface area contributed by atoms with E-state index < -0.39 is 23.5 Å². The molecule has 3 rings (SSSR count). The Morgan fingerprint density at radius 1 is 1.13 bits per heavy atom. The predicted octanol–water partition coefficient (Wildman–Crippen LogP) is 3.14. The number of carbonyl (C=O) groups is 2. The van der Waals surface area contributed by atoms with Crippen molar-refractivity contribution < 1.29 is 33.3 Å². The van der Waals surface area contributed by atoms with Gasteiger partial charge in [-0.05, 0) is 38.1 Å². The first-order chi connectivity index (χ1) is 14.4. The van der Waals surface area contributed by atoms with Crippen LogP contribution in [0.4, 0.5) is 0 Å². The summed E-state index contributed by atoms with van der Waals surface area (Å²) in [4.78, 5) is 27.1. The molecule has 0 aliphatic carbocycles. The molecule has 0 bridgehead atoms. The van der Waals surface area contributed by atoms with Crippen LogP contribution in [0.25, 0.3) is 5.76 Å². The van der Waals surface area contributed by atoms with Crippen molar-refractivity contribution in [2.75, 3.05) is 27.4 Å². The summed E-state index contributed by atoms with van der Waals surface area (Å²) in [5.41, 5.74) is 0.0952. The highest BCUT2D eigenvalue weighted by atomic mass is 16.5. The predicted molar refractivity (Wildman–Crippen MR) is 108 cm³/mol. The average molecular weight is 415 g/mol. The highest BCUT2D eigenvalue weighted by molar-refractivity contribution is 6.46. The average Bonchev–Trinajstić information content (AvgIpc) is 3.34. The summed E-state index contributed by atoms with van der Waals surface area (Å²) >= 11 is 0. The Morgan fingerprint density at radius 2 is 1.80 bits per heavy atom. The number of rotatable bonds is 8. The van der Waals surface area contributed by atoms with Crippen LogP contribution in [-0.2, 0) is 14.3 Å². The van der Waals surface area contributed by atoms with Crippen molar-refractivity contribution in [2.24, 2.45) is 0 Å². The van der Waals surface area contributed by atoms with Gasteiger partial charge in [0.25, 0.3) is 11.7 Å². The van der Waals surface area contributed by atoms with Gasteiger partial charge in [0.15, 0.2) is 0 Å². The third kappa shape index (κ3) is 3.91. The van der Waals surface area contributed by atoms with E-state index >= 15 is 0 Å². The number of aliphatic hydroxyl groups is 1. The molecule has 1 aromatic carbocycles. The van der Waals surface area contributed by atoms with Crippen molar-refractivity contribution in [2.45, 2.75) is 26.0 Å². The maximum atomic E-state index is 13.0. The quantitative estimate of drug-likeness (QED) is 0.402. The number of carbonyl (C=O) groups excluding carboxylic acids is 2. The number of furan rings is 1. The van der Waals surface area contributed by atoms with Crippen LogP contribution in [0, 0.1) is 0 Å². The Bertz CT molecular complexity index is 924. The van der Waals surface area contributed by atoms with Crippen molar-refractivity contribution in [3.8, 4) is 11.5 Å². The molecule has 1 N–H and O–H groups in total. The minimum absolute atomic E-state index is 0.0262. The molecule has 30 heavy (non-hydrogen) atoms. The number of ketones is 1. The van der Waals surface area contributed by atoms with Crippen LogP contribution in [0.15, 0.2) is 46.6 Å². The highest BCUT2D eigenvalue weighted by Crippen LogP contribution is 2.43. The van der Waals surface area contributed by atoms with Gasteiger partial charge in [-0.25, -0.2) is 0 Å². The van der Waals surface area contributed by atoms with Crippen LogP contribution in [-0.4, -0.2) is 55.2 Å². The first-order valence-electron chi connectivity index (χ1n) is 9.55. The number of aliphatic hydroxyl groups excluding tert-OH is 1. The van der Waals surface area contributed by atoms with Gasteiger partial charge in [-0.15, -0.1) is 0 Å². The fourth-order valence-corrected chi connectivity index (χ4v) is 3.46. The molecule has 1 aliphatic rings. The zero-order chi connectivity index (χ0) is 21.8. The molecule has 0 saturated carbocycles. The van der Waals surface area contributed by atoms with Crippen molar-refractivity contribution in [3.05, 3.63) is 53.5 Å². The first kappa shape index (κ1) is 21.4. The molecule has 1 unspecified atom stereocenters. The number of nitrogens with zero attached hydrogens (tertiary/aromatic N) is 1. The van der Waals surface area contributed by atoms with Crippen LogP contribution in [0.3, 0.4) is 0 Å². The topological polar surface area (TPSA) is 98.4 Å². The van der Waals surface area contributed by atoms with Gasteiger partial charge in [-0.3, -0.25) is 9.59 Å². The van der Waals surface area contributed by atoms with Crippen LogP contribution in [0.1, 0.15) is 31.2 Å². The molecule has 160 valence electrons. The number of benzene rings is 1. The number of methoxy groups -OCH3 is 2. The van der Waals surface area contributed by atoms with Gasteiger partial charge in [0, 0.05) is 6.54 Å². The van der Waals surface area contributed by atoms with Gasteiger partial charge in [0.05, 0.1) is 38.8 Å². The summed E-state index contributed by atoms with van der Waals surface area (Å²) in [5, 5.41) is 11.2. The highest BCUT2D eigenvalue weighted by Gasteiger charge is 2.47. The van der Waals surface area contributed by atoms with Crippen LogP contribution >= 0.6 is 0 Å². The Morgan fingerprint density at radius 3 is 2.33 bits per heavy atom. The Balaban J connectivity index is 2.14. The minimum Gasteiger partial charge on any atom is -0.506 e. The normalized spacial score (nSPS) is 18.3. The van der Waals surface area contributed by atoms with Crippen molar-refractivity contribution in [1.82, 2.24) is 4.90 Å². The second-order valence-corrected chi connectivity index (χ2v) is 6.96. The first-order valence-corrected chi connectivity index (χ1v) is 9.55. The maximum absolute atomic E-state index is 13.0. The van der Waals surface area contributed by atoms with Crippen LogP contribution < -0.4 is 9.47 Å². The van der Waals surface area contributed by atoms with Crippen molar-refractivity contribution >= 4 is 17.4 Å². The largest absolute Gasteiger partial charge is 0.506 e. The Labute approximate surface area is 174 Å². The lowest BCUT2D eigenvalue weighted by atomic mass is 9.98. The van der Waals surface area contributed by atoms with Gasteiger partial charge in [0.2, 0.25) is 0 Å². The Hall–Kier alpha value is -3.26. The van der Waals surface area contributed by atoms with E-state index in [1.165, 1.54) is 25.4 Å². The molecule has 8 heteroatoms. The summed E-state index contributed by atoms with van der Waals surface area (Å²) < 4.78 is 21.8. The molecule has 2 heterocycles. The summed E-state index contributed by atoms with van der Waals surface area (Å²) in [6, 6.07) is 7.37. The zero-order valence-electron chi connectivity index (χ0n) is 17.4. The van der Waals surface area contributed by atoms with E-state index in [9.17, 15) is 14.7 Å². The molecule has 1 aliphatic heterocycles. The number of likely N-dealkylation sites (tertiary alicyclic amines) is 1. The number of Topliss-reactive ketones (excluding diaryl/α,β-unsaturated/α-hetero) is 1. The molecular weight excluding hydrogens is 390 g/mol. The second kappa shape index (κ2) is 9.04. The van der Waals surface area contributed by atoms with E-state index in [2.05, 4.69) is 0 Å². The third-order valence-electron chi connectivity index (χ3n) is 4.80. The Kier molecular flexibility index (Phi) is 6.47. The van der Waals surface area contributed by atoms with Crippen LogP contribution in [0.2, 0.25) is 0 Å². The lowest BCUT2D eigenvalue weighted by Gasteiger charge is -2.24. The van der Waals surface area contributed by atoms with E-state index in [1.54, 1.807) is 30.3 Å². The fraction of sp³-hybridized carbons (Fsp3) is 0.364. The molecule has 8 nitrogen and oxygen atoms in total. The molecule has 1 saturated heterocycles.